The van der Waals surface area contributed by atoms with Crippen molar-refractivity contribution in [1.82, 2.24) is 4.98 Å². The second-order valence-corrected chi connectivity index (χ2v) is 6.47. The number of nitrogens with one attached hydrogen (secondary N) is 1. The van der Waals surface area contributed by atoms with E-state index in [9.17, 15) is 4.79 Å². The Kier molecular flexibility index (Phi) is 4.41. The number of hydrogen-bond donors (Lipinski definition) is 1. The number of carbonyl (C=O) groups is 1. The Morgan fingerprint density at radius 1 is 1.12 bits per heavy atom. The predicted octanol–water partition coefficient (Wildman–Crippen LogP) is 5.50. The van der Waals surface area contributed by atoms with Crippen molar-refractivity contribution in [3.05, 3.63) is 77.2 Å². The topological polar surface area (TPSA) is 68.3 Å². The first-order valence-corrected chi connectivity index (χ1v) is 8.66. The van der Waals surface area contributed by atoms with Crippen LogP contribution in [0.2, 0.25) is 0 Å². The van der Waals surface area contributed by atoms with E-state index < -0.39 is 0 Å². The zero-order valence-electron chi connectivity index (χ0n) is 13.5. The van der Waals surface area contributed by atoms with Gasteiger partial charge in [-0.2, -0.15) is 0 Å². The lowest BCUT2D eigenvalue weighted by molar-refractivity contribution is -0.111. The molecule has 1 amide bonds. The minimum atomic E-state index is -0.253. The number of rotatable bonds is 4. The molecule has 2 aromatic carbocycles. The standard InChI is InChI=1S/C20H13BrN2O3/c21-14-4-1-3-13(11-14)20-23-17-12-15(6-8-18(17)26-20)22-19(24)9-7-16-5-2-10-25-16/h1-12H,(H,22,24)/b9-7+. The highest BCUT2D eigenvalue weighted by Gasteiger charge is 2.10. The van der Waals surface area contributed by atoms with Crippen molar-refractivity contribution in [2.75, 3.05) is 5.32 Å². The van der Waals surface area contributed by atoms with Crippen molar-refractivity contribution in [2.45, 2.75) is 0 Å². The van der Waals surface area contributed by atoms with Gasteiger partial charge in [0.1, 0.15) is 11.3 Å². The van der Waals surface area contributed by atoms with E-state index in [0.29, 0.717) is 28.4 Å². The maximum atomic E-state index is 12.0. The summed E-state index contributed by atoms with van der Waals surface area (Å²) in [7, 11) is 0. The SMILES string of the molecule is O=C(/C=C/c1ccco1)Nc1ccc2oc(-c3cccc(Br)c3)nc2c1. The number of nitrogens with zero attached hydrogens (tertiary/aromatic N) is 1. The molecule has 4 rings (SSSR count). The Hall–Kier alpha value is -3.12. The molecular weight excluding hydrogens is 396 g/mol. The molecule has 0 bridgehead atoms. The molecule has 0 aliphatic heterocycles. The highest BCUT2D eigenvalue weighted by atomic mass is 79.9. The van der Waals surface area contributed by atoms with Gasteiger partial charge in [-0.15, -0.1) is 0 Å². The quantitative estimate of drug-likeness (QED) is 0.452. The lowest BCUT2D eigenvalue weighted by Gasteiger charge is -2.00. The molecule has 1 N–H and O–H groups in total. The van der Waals surface area contributed by atoms with E-state index in [-0.39, 0.29) is 5.91 Å². The second-order valence-electron chi connectivity index (χ2n) is 5.55. The van der Waals surface area contributed by atoms with E-state index in [2.05, 4.69) is 26.2 Å². The Morgan fingerprint density at radius 2 is 2.04 bits per heavy atom. The number of carbonyl (C=O) groups excluding carboxylic acids is 1. The highest BCUT2D eigenvalue weighted by Crippen LogP contribution is 2.27. The van der Waals surface area contributed by atoms with Crippen molar-refractivity contribution in [1.29, 1.82) is 0 Å². The molecular formula is C20H13BrN2O3. The van der Waals surface area contributed by atoms with Crippen molar-refractivity contribution in [2.24, 2.45) is 0 Å². The summed E-state index contributed by atoms with van der Waals surface area (Å²) in [5.41, 5.74) is 2.85. The molecule has 6 heteroatoms. The summed E-state index contributed by atoms with van der Waals surface area (Å²) in [6, 6.07) is 16.6. The second kappa shape index (κ2) is 7.01. The third-order valence-corrected chi connectivity index (χ3v) is 4.16. The van der Waals surface area contributed by atoms with Crippen molar-refractivity contribution in [3.63, 3.8) is 0 Å². The molecule has 0 atom stereocenters. The summed E-state index contributed by atoms with van der Waals surface area (Å²) in [4.78, 5) is 16.5. The Morgan fingerprint density at radius 3 is 2.85 bits per heavy atom. The van der Waals surface area contributed by atoms with Crippen molar-refractivity contribution in [3.8, 4) is 11.5 Å². The summed E-state index contributed by atoms with van der Waals surface area (Å²) in [5, 5.41) is 2.80. The van der Waals surface area contributed by atoms with Gasteiger partial charge in [0.25, 0.3) is 0 Å². The molecule has 128 valence electrons. The molecule has 0 spiro atoms. The molecule has 0 fully saturated rings. The Balaban J connectivity index is 1.55. The lowest BCUT2D eigenvalue weighted by Crippen LogP contribution is -2.07. The summed E-state index contributed by atoms with van der Waals surface area (Å²) >= 11 is 3.44. The van der Waals surface area contributed by atoms with Gasteiger partial charge in [-0.25, -0.2) is 4.98 Å². The van der Waals surface area contributed by atoms with Crippen LogP contribution < -0.4 is 5.32 Å². The van der Waals surface area contributed by atoms with Gasteiger partial charge in [-0.3, -0.25) is 4.79 Å². The van der Waals surface area contributed by atoms with Crippen molar-refractivity contribution >= 4 is 44.7 Å². The number of halogens is 1. The molecule has 2 aromatic heterocycles. The molecule has 5 nitrogen and oxygen atoms in total. The number of anilines is 1. The predicted molar refractivity (Wildman–Crippen MR) is 104 cm³/mol. The van der Waals surface area contributed by atoms with Crippen LogP contribution >= 0.6 is 15.9 Å². The van der Waals surface area contributed by atoms with Crippen LogP contribution in [0.25, 0.3) is 28.6 Å². The fraction of sp³-hybridized carbons (Fsp3) is 0. The van der Waals surface area contributed by atoms with Gasteiger partial charge in [0.15, 0.2) is 5.58 Å². The van der Waals surface area contributed by atoms with Gasteiger partial charge < -0.3 is 14.2 Å². The number of hydrogen-bond acceptors (Lipinski definition) is 4. The van der Waals surface area contributed by atoms with E-state index >= 15 is 0 Å². The molecule has 26 heavy (non-hydrogen) atoms. The largest absolute Gasteiger partial charge is 0.465 e. The summed E-state index contributed by atoms with van der Waals surface area (Å²) in [6.07, 6.45) is 4.58. The maximum Gasteiger partial charge on any atom is 0.248 e. The van der Waals surface area contributed by atoms with Crippen LogP contribution in [0.5, 0.6) is 0 Å². The Bertz CT molecular complexity index is 1100. The van der Waals surface area contributed by atoms with Crippen molar-refractivity contribution < 1.29 is 13.6 Å². The zero-order valence-corrected chi connectivity index (χ0v) is 15.1. The molecule has 4 aromatic rings. The number of fused-ring (bicyclic) bond motifs is 1. The minimum absolute atomic E-state index is 0.253. The first-order valence-electron chi connectivity index (χ1n) is 7.86. The molecule has 0 saturated carbocycles. The van der Waals surface area contributed by atoms with Crippen LogP contribution in [-0.4, -0.2) is 10.9 Å². The van der Waals surface area contributed by atoms with E-state index in [1.807, 2.05) is 24.3 Å². The smallest absolute Gasteiger partial charge is 0.248 e. The van der Waals surface area contributed by atoms with E-state index in [1.165, 1.54) is 6.08 Å². The fourth-order valence-corrected chi connectivity index (χ4v) is 2.88. The van der Waals surface area contributed by atoms with Gasteiger partial charge in [0.05, 0.1) is 6.26 Å². The number of benzene rings is 2. The average molecular weight is 409 g/mol. The van der Waals surface area contributed by atoms with E-state index in [4.69, 9.17) is 8.83 Å². The number of furan rings is 1. The normalized spacial score (nSPS) is 11.3. The molecule has 0 aliphatic rings. The van der Waals surface area contributed by atoms with Crippen LogP contribution in [0.1, 0.15) is 5.76 Å². The van der Waals surface area contributed by atoms with Gasteiger partial charge >= 0.3 is 0 Å². The number of aromatic nitrogens is 1. The van der Waals surface area contributed by atoms with Crippen LogP contribution in [0.3, 0.4) is 0 Å². The van der Waals surface area contributed by atoms with Gasteiger partial charge in [-0.05, 0) is 54.6 Å². The summed E-state index contributed by atoms with van der Waals surface area (Å²) in [5.74, 6) is 0.893. The van der Waals surface area contributed by atoms with E-state index in [1.54, 1.807) is 42.7 Å². The monoisotopic (exact) mass is 408 g/mol. The first kappa shape index (κ1) is 16.4. The molecule has 2 heterocycles. The van der Waals surface area contributed by atoms with Crippen LogP contribution in [-0.2, 0) is 4.79 Å². The Labute approximate surface area is 157 Å². The summed E-state index contributed by atoms with van der Waals surface area (Å²) in [6.45, 7) is 0. The average Bonchev–Trinajstić information content (AvgIpc) is 3.29. The van der Waals surface area contributed by atoms with Crippen LogP contribution in [0, 0.1) is 0 Å². The molecule has 0 radical (unpaired) electrons. The third-order valence-electron chi connectivity index (χ3n) is 3.67. The van der Waals surface area contributed by atoms with Gasteiger partial charge in [0, 0.05) is 21.8 Å². The van der Waals surface area contributed by atoms with E-state index in [0.717, 1.165) is 10.0 Å². The fourth-order valence-electron chi connectivity index (χ4n) is 2.48. The third kappa shape index (κ3) is 3.60. The van der Waals surface area contributed by atoms with Crippen LogP contribution in [0.15, 0.2) is 80.2 Å². The molecule has 0 aliphatic carbocycles. The molecule has 0 saturated heterocycles. The molecule has 0 unspecified atom stereocenters. The minimum Gasteiger partial charge on any atom is -0.465 e. The first-order chi connectivity index (χ1) is 12.7. The van der Waals surface area contributed by atoms with Crippen LogP contribution in [0.4, 0.5) is 5.69 Å². The zero-order chi connectivity index (χ0) is 17.9. The van der Waals surface area contributed by atoms with Gasteiger partial charge in [-0.1, -0.05) is 22.0 Å². The maximum absolute atomic E-state index is 12.0. The van der Waals surface area contributed by atoms with Gasteiger partial charge in [0.2, 0.25) is 11.8 Å². The summed E-state index contributed by atoms with van der Waals surface area (Å²) < 4.78 is 11.9. The number of amides is 1. The lowest BCUT2D eigenvalue weighted by atomic mass is 10.2. The number of oxazole rings is 1. The highest BCUT2D eigenvalue weighted by molar-refractivity contribution is 9.10.